The lowest BCUT2D eigenvalue weighted by Gasteiger charge is -2.07. The Labute approximate surface area is 83.5 Å². The molecule has 0 saturated carbocycles. The van der Waals surface area contributed by atoms with Crippen LogP contribution in [-0.4, -0.2) is 21.5 Å². The lowest BCUT2D eigenvalue weighted by Crippen LogP contribution is -2.33. The Morgan fingerprint density at radius 1 is 1.21 bits per heavy atom. The number of hydrogen-bond donors (Lipinski definition) is 3. The van der Waals surface area contributed by atoms with Crippen LogP contribution < -0.4 is 15.2 Å². The maximum atomic E-state index is 11.3. The molecule has 6 heteroatoms. The van der Waals surface area contributed by atoms with Crippen LogP contribution in [0.2, 0.25) is 0 Å². The van der Waals surface area contributed by atoms with E-state index >= 15 is 0 Å². The van der Waals surface area contributed by atoms with Gasteiger partial charge in [-0.1, -0.05) is 18.2 Å². The minimum atomic E-state index is -3.48. The third-order valence-electron chi connectivity index (χ3n) is 1.46. The van der Waals surface area contributed by atoms with Crippen LogP contribution in [0.3, 0.4) is 0 Å². The topological polar surface area (TPSA) is 84.2 Å². The second-order valence-corrected chi connectivity index (χ2v) is 4.15. The molecule has 1 rings (SSSR count). The van der Waals surface area contributed by atoms with Gasteiger partial charge in [-0.05, 0) is 12.1 Å². The molecule has 14 heavy (non-hydrogen) atoms. The van der Waals surface area contributed by atoms with E-state index in [0.717, 1.165) is 0 Å². The summed E-state index contributed by atoms with van der Waals surface area (Å²) >= 11 is 0. The molecular weight excluding hydrogens is 202 g/mol. The highest BCUT2D eigenvalue weighted by Gasteiger charge is 2.06. The molecule has 0 atom stereocenters. The van der Waals surface area contributed by atoms with Gasteiger partial charge in [0.2, 0.25) is 0 Å². The van der Waals surface area contributed by atoms with Crippen molar-refractivity contribution in [2.24, 2.45) is 5.73 Å². The van der Waals surface area contributed by atoms with Gasteiger partial charge in [0.15, 0.2) is 0 Å². The van der Waals surface area contributed by atoms with Crippen molar-refractivity contribution in [3.05, 3.63) is 30.3 Å². The number of hydrogen-bond acceptors (Lipinski definition) is 3. The van der Waals surface area contributed by atoms with Crippen LogP contribution >= 0.6 is 0 Å². The second kappa shape index (κ2) is 4.94. The summed E-state index contributed by atoms with van der Waals surface area (Å²) in [6.45, 7) is 0.498. The van der Waals surface area contributed by atoms with Gasteiger partial charge in [-0.3, -0.25) is 4.72 Å². The highest BCUT2D eigenvalue weighted by atomic mass is 32.2. The second-order valence-electron chi connectivity index (χ2n) is 2.65. The fourth-order valence-corrected chi connectivity index (χ4v) is 1.80. The molecule has 1 aromatic rings. The summed E-state index contributed by atoms with van der Waals surface area (Å²) < 4.78 is 27.2. The molecule has 0 bridgehead atoms. The number of anilines is 1. The monoisotopic (exact) mass is 215 g/mol. The van der Waals surface area contributed by atoms with E-state index in [4.69, 9.17) is 5.73 Å². The van der Waals surface area contributed by atoms with Crippen LogP contribution in [0.1, 0.15) is 0 Å². The standard InChI is InChI=1S/C8H13N3O2S/c9-6-7-10-14(12,13)11-8-4-2-1-3-5-8/h1-5,10-11H,6-7,9H2. The quantitative estimate of drug-likeness (QED) is 0.641. The molecule has 5 nitrogen and oxygen atoms in total. The first-order valence-electron chi connectivity index (χ1n) is 4.16. The van der Waals surface area contributed by atoms with Crippen molar-refractivity contribution in [2.45, 2.75) is 0 Å². The van der Waals surface area contributed by atoms with Crippen molar-refractivity contribution in [3.63, 3.8) is 0 Å². The van der Waals surface area contributed by atoms with E-state index in [9.17, 15) is 8.42 Å². The summed E-state index contributed by atoms with van der Waals surface area (Å²) in [6, 6.07) is 8.65. The van der Waals surface area contributed by atoms with Crippen LogP contribution in [-0.2, 0) is 10.2 Å². The van der Waals surface area contributed by atoms with Gasteiger partial charge in [-0.2, -0.15) is 13.1 Å². The zero-order chi connectivity index (χ0) is 10.4. The van der Waals surface area contributed by atoms with Crippen LogP contribution in [0.5, 0.6) is 0 Å². The van der Waals surface area contributed by atoms with Crippen LogP contribution in [0, 0.1) is 0 Å². The smallest absolute Gasteiger partial charge is 0.299 e. The highest BCUT2D eigenvalue weighted by molar-refractivity contribution is 7.90. The number of benzene rings is 1. The third kappa shape index (κ3) is 3.73. The van der Waals surface area contributed by atoms with E-state index in [1.165, 1.54) is 0 Å². The Bertz CT molecular complexity index is 363. The van der Waals surface area contributed by atoms with Crippen molar-refractivity contribution >= 4 is 15.9 Å². The van der Waals surface area contributed by atoms with Gasteiger partial charge < -0.3 is 5.73 Å². The van der Waals surface area contributed by atoms with Crippen LogP contribution in [0.15, 0.2) is 30.3 Å². The van der Waals surface area contributed by atoms with E-state index in [2.05, 4.69) is 9.44 Å². The molecule has 0 aliphatic heterocycles. The molecule has 0 unspecified atom stereocenters. The van der Waals surface area contributed by atoms with E-state index in [1.807, 2.05) is 6.07 Å². The lowest BCUT2D eigenvalue weighted by molar-refractivity contribution is 0.587. The summed E-state index contributed by atoms with van der Waals surface area (Å²) in [5.74, 6) is 0. The van der Waals surface area contributed by atoms with Crippen molar-refractivity contribution < 1.29 is 8.42 Å². The van der Waals surface area contributed by atoms with Gasteiger partial charge in [0.05, 0.1) is 0 Å². The minimum Gasteiger partial charge on any atom is -0.329 e. The van der Waals surface area contributed by atoms with Gasteiger partial charge in [0, 0.05) is 18.8 Å². The number of nitrogens with one attached hydrogen (secondary N) is 2. The molecule has 0 fully saturated rings. The van der Waals surface area contributed by atoms with E-state index < -0.39 is 10.2 Å². The molecule has 0 aromatic heterocycles. The SMILES string of the molecule is NCCNS(=O)(=O)Nc1ccccc1. The zero-order valence-electron chi connectivity index (χ0n) is 7.60. The maximum absolute atomic E-state index is 11.3. The van der Waals surface area contributed by atoms with E-state index in [0.29, 0.717) is 5.69 Å². The normalized spacial score (nSPS) is 11.2. The molecule has 0 aliphatic carbocycles. The Balaban J connectivity index is 2.60. The van der Waals surface area contributed by atoms with Crippen LogP contribution in [0.4, 0.5) is 5.69 Å². The summed E-state index contributed by atoms with van der Waals surface area (Å²) in [5, 5.41) is 0. The molecule has 0 spiro atoms. The minimum absolute atomic E-state index is 0.224. The van der Waals surface area contributed by atoms with Crippen molar-refractivity contribution in [1.29, 1.82) is 0 Å². The summed E-state index contributed by atoms with van der Waals surface area (Å²) in [7, 11) is -3.48. The third-order valence-corrected chi connectivity index (χ3v) is 2.55. The summed E-state index contributed by atoms with van der Waals surface area (Å²) in [4.78, 5) is 0. The first-order chi connectivity index (χ1) is 6.64. The molecule has 0 heterocycles. The van der Waals surface area contributed by atoms with Gasteiger partial charge in [0.1, 0.15) is 0 Å². The fraction of sp³-hybridized carbons (Fsp3) is 0.250. The summed E-state index contributed by atoms with van der Waals surface area (Å²) in [5.41, 5.74) is 5.70. The number of nitrogens with two attached hydrogens (primary N) is 1. The molecule has 0 amide bonds. The predicted molar refractivity (Wildman–Crippen MR) is 56.0 cm³/mol. The van der Waals surface area contributed by atoms with Gasteiger partial charge >= 0.3 is 0 Å². The molecule has 4 N–H and O–H groups in total. The Morgan fingerprint density at radius 3 is 2.43 bits per heavy atom. The Kier molecular flexibility index (Phi) is 3.87. The Morgan fingerprint density at radius 2 is 1.86 bits per heavy atom. The summed E-state index contributed by atoms with van der Waals surface area (Å²) in [6.07, 6.45) is 0. The van der Waals surface area contributed by atoms with Gasteiger partial charge in [-0.25, -0.2) is 0 Å². The number of rotatable bonds is 5. The average Bonchev–Trinajstić information content (AvgIpc) is 2.16. The van der Waals surface area contributed by atoms with Crippen LogP contribution in [0.25, 0.3) is 0 Å². The first kappa shape index (κ1) is 11.0. The van der Waals surface area contributed by atoms with Crippen molar-refractivity contribution in [3.8, 4) is 0 Å². The lowest BCUT2D eigenvalue weighted by atomic mass is 10.3. The van der Waals surface area contributed by atoms with E-state index in [1.54, 1.807) is 24.3 Å². The largest absolute Gasteiger partial charge is 0.329 e. The molecule has 0 radical (unpaired) electrons. The van der Waals surface area contributed by atoms with Crippen molar-refractivity contribution in [2.75, 3.05) is 17.8 Å². The van der Waals surface area contributed by atoms with Crippen molar-refractivity contribution in [1.82, 2.24) is 4.72 Å². The average molecular weight is 215 g/mol. The Hall–Kier alpha value is -1.11. The maximum Gasteiger partial charge on any atom is 0.299 e. The van der Waals surface area contributed by atoms with Gasteiger partial charge in [-0.15, -0.1) is 0 Å². The molecule has 78 valence electrons. The molecule has 0 aliphatic rings. The highest BCUT2D eigenvalue weighted by Crippen LogP contribution is 2.06. The first-order valence-corrected chi connectivity index (χ1v) is 5.65. The molecule has 0 saturated heterocycles. The van der Waals surface area contributed by atoms with E-state index in [-0.39, 0.29) is 13.1 Å². The predicted octanol–water partition coefficient (Wildman–Crippen LogP) is -0.108. The molecule has 1 aromatic carbocycles. The fourth-order valence-electron chi connectivity index (χ4n) is 0.891. The number of para-hydroxylation sites is 1. The zero-order valence-corrected chi connectivity index (χ0v) is 8.42. The molecular formula is C8H13N3O2S. The van der Waals surface area contributed by atoms with Gasteiger partial charge in [0.25, 0.3) is 10.2 Å².